The Morgan fingerprint density at radius 3 is 2.83 bits per heavy atom. The van der Waals surface area contributed by atoms with Gasteiger partial charge in [-0.2, -0.15) is 0 Å². The highest BCUT2D eigenvalue weighted by molar-refractivity contribution is 6.31. The van der Waals surface area contributed by atoms with Crippen molar-refractivity contribution in [3.8, 4) is 0 Å². The van der Waals surface area contributed by atoms with Crippen LogP contribution in [-0.4, -0.2) is 19.0 Å². The molecule has 1 aromatic carbocycles. The average molecular weight is 289 g/mol. The lowest BCUT2D eigenvalue weighted by atomic mass is 9.80. The number of hydrogen-bond acceptors (Lipinski definition) is 2. The van der Waals surface area contributed by atoms with Gasteiger partial charge in [0.05, 0.1) is 5.69 Å². The first-order valence-corrected chi connectivity index (χ1v) is 5.71. The normalized spacial score (nSPS) is 24.7. The molecule has 0 saturated heterocycles. The minimum absolute atomic E-state index is 0. The van der Waals surface area contributed by atoms with E-state index in [1.165, 1.54) is 6.07 Å². The zero-order chi connectivity index (χ0) is 12.0. The molecule has 0 aromatic heterocycles. The summed E-state index contributed by atoms with van der Waals surface area (Å²) in [6, 6.07) is 2.86. The number of halogens is 3. The quantitative estimate of drug-likeness (QED) is 0.719. The van der Waals surface area contributed by atoms with E-state index in [0.717, 1.165) is 0 Å². The standard InChI is InChI=1S/C12H10ClFN2O.ClH/c13-7-4-8-10(9(14)5-7)16-11(17)12(8)2-1-3-15-6-12;/h1-2,4-5,15H,3,6H2,(H,16,17);1H/t12-;/m0./s1. The Morgan fingerprint density at radius 1 is 1.39 bits per heavy atom. The lowest BCUT2D eigenvalue weighted by molar-refractivity contribution is -0.119. The zero-order valence-corrected chi connectivity index (χ0v) is 10.9. The second-order valence-electron chi connectivity index (χ2n) is 4.27. The van der Waals surface area contributed by atoms with Crippen LogP contribution >= 0.6 is 24.0 Å². The molecule has 0 unspecified atom stereocenters. The van der Waals surface area contributed by atoms with Crippen LogP contribution in [0.4, 0.5) is 10.1 Å². The molecule has 1 atom stereocenters. The van der Waals surface area contributed by atoms with Gasteiger partial charge in [0, 0.05) is 23.7 Å². The van der Waals surface area contributed by atoms with E-state index in [2.05, 4.69) is 10.6 Å². The van der Waals surface area contributed by atoms with Crippen molar-refractivity contribution >= 4 is 35.6 Å². The van der Waals surface area contributed by atoms with Gasteiger partial charge < -0.3 is 10.6 Å². The predicted molar refractivity (Wildman–Crippen MR) is 71.0 cm³/mol. The largest absolute Gasteiger partial charge is 0.322 e. The van der Waals surface area contributed by atoms with Gasteiger partial charge in [-0.3, -0.25) is 4.79 Å². The number of nitrogens with one attached hydrogen (secondary N) is 2. The number of carbonyl (C=O) groups excluding carboxylic acids is 1. The molecular formula is C12H11Cl2FN2O. The molecular weight excluding hydrogens is 278 g/mol. The molecule has 2 heterocycles. The first-order valence-electron chi connectivity index (χ1n) is 5.33. The van der Waals surface area contributed by atoms with Crippen LogP contribution < -0.4 is 10.6 Å². The molecule has 3 rings (SSSR count). The molecule has 0 bridgehead atoms. The SMILES string of the molecule is Cl.O=C1Nc2c(F)cc(Cl)cc2[C@@]12C=CCNC2. The Kier molecular flexibility index (Phi) is 3.36. The third-order valence-electron chi connectivity index (χ3n) is 3.25. The molecule has 96 valence electrons. The average Bonchev–Trinajstić information content (AvgIpc) is 2.56. The fourth-order valence-electron chi connectivity index (χ4n) is 2.41. The minimum atomic E-state index is -0.820. The first kappa shape index (κ1) is 13.3. The van der Waals surface area contributed by atoms with E-state index in [1.807, 2.05) is 12.2 Å². The highest BCUT2D eigenvalue weighted by atomic mass is 35.5. The van der Waals surface area contributed by atoms with Crippen LogP contribution in [0.2, 0.25) is 5.02 Å². The zero-order valence-electron chi connectivity index (χ0n) is 9.30. The molecule has 3 nitrogen and oxygen atoms in total. The minimum Gasteiger partial charge on any atom is -0.322 e. The summed E-state index contributed by atoms with van der Waals surface area (Å²) in [7, 11) is 0. The highest BCUT2D eigenvalue weighted by Gasteiger charge is 2.46. The molecule has 0 aliphatic carbocycles. The summed E-state index contributed by atoms with van der Waals surface area (Å²) in [5.74, 6) is -0.700. The molecule has 0 radical (unpaired) electrons. The van der Waals surface area contributed by atoms with Crippen LogP contribution in [0, 0.1) is 5.82 Å². The Labute approximate surface area is 115 Å². The van der Waals surface area contributed by atoms with E-state index in [9.17, 15) is 9.18 Å². The number of anilines is 1. The molecule has 6 heteroatoms. The fourth-order valence-corrected chi connectivity index (χ4v) is 2.62. The number of fused-ring (bicyclic) bond motifs is 2. The van der Waals surface area contributed by atoms with Crippen LogP contribution in [-0.2, 0) is 10.2 Å². The van der Waals surface area contributed by atoms with E-state index < -0.39 is 11.2 Å². The van der Waals surface area contributed by atoms with Gasteiger partial charge in [-0.15, -0.1) is 12.4 Å². The van der Waals surface area contributed by atoms with Crippen LogP contribution in [0.5, 0.6) is 0 Å². The van der Waals surface area contributed by atoms with Crippen LogP contribution in [0.1, 0.15) is 5.56 Å². The monoisotopic (exact) mass is 288 g/mol. The maximum atomic E-state index is 13.7. The van der Waals surface area contributed by atoms with Crippen LogP contribution in [0.3, 0.4) is 0 Å². The summed E-state index contributed by atoms with van der Waals surface area (Å²) in [5, 5.41) is 6.01. The highest BCUT2D eigenvalue weighted by Crippen LogP contribution is 2.42. The van der Waals surface area contributed by atoms with E-state index in [4.69, 9.17) is 11.6 Å². The molecule has 2 N–H and O–H groups in total. The molecule has 0 fully saturated rings. The summed E-state index contributed by atoms with van der Waals surface area (Å²) in [6.07, 6.45) is 3.69. The number of amides is 1. The number of rotatable bonds is 0. The van der Waals surface area contributed by atoms with Gasteiger partial charge in [0.1, 0.15) is 11.2 Å². The van der Waals surface area contributed by atoms with Gasteiger partial charge in [0.25, 0.3) is 0 Å². The van der Waals surface area contributed by atoms with Gasteiger partial charge in [0.15, 0.2) is 0 Å². The Bertz CT molecular complexity index is 547. The summed E-state index contributed by atoms with van der Waals surface area (Å²) in [5.41, 5.74) is 0.0305. The Morgan fingerprint density at radius 2 is 2.17 bits per heavy atom. The summed E-state index contributed by atoms with van der Waals surface area (Å²) >= 11 is 5.86. The summed E-state index contributed by atoms with van der Waals surface area (Å²) < 4.78 is 13.7. The number of benzene rings is 1. The van der Waals surface area contributed by atoms with Gasteiger partial charge in [-0.1, -0.05) is 23.8 Å². The van der Waals surface area contributed by atoms with Gasteiger partial charge in [-0.05, 0) is 12.1 Å². The van der Waals surface area contributed by atoms with Gasteiger partial charge in [-0.25, -0.2) is 4.39 Å². The Balaban J connectivity index is 0.00000120. The van der Waals surface area contributed by atoms with Crippen molar-refractivity contribution in [2.24, 2.45) is 0 Å². The topological polar surface area (TPSA) is 41.1 Å². The van der Waals surface area contributed by atoms with Crippen molar-refractivity contribution in [3.63, 3.8) is 0 Å². The van der Waals surface area contributed by atoms with Crippen molar-refractivity contribution in [1.29, 1.82) is 0 Å². The third-order valence-corrected chi connectivity index (χ3v) is 3.47. The fraction of sp³-hybridized carbons (Fsp3) is 0.250. The van der Waals surface area contributed by atoms with Crippen molar-refractivity contribution in [2.75, 3.05) is 18.4 Å². The predicted octanol–water partition coefficient (Wildman–Crippen LogP) is 2.25. The second-order valence-corrected chi connectivity index (χ2v) is 4.71. The van der Waals surface area contributed by atoms with E-state index >= 15 is 0 Å². The van der Waals surface area contributed by atoms with Crippen LogP contribution in [0.25, 0.3) is 0 Å². The summed E-state index contributed by atoms with van der Waals surface area (Å²) in [4.78, 5) is 12.1. The molecule has 1 aromatic rings. The molecule has 18 heavy (non-hydrogen) atoms. The lowest BCUT2D eigenvalue weighted by Gasteiger charge is -2.27. The van der Waals surface area contributed by atoms with Crippen molar-refractivity contribution in [3.05, 3.63) is 40.7 Å². The van der Waals surface area contributed by atoms with Crippen LogP contribution in [0.15, 0.2) is 24.3 Å². The number of hydrogen-bond donors (Lipinski definition) is 2. The maximum absolute atomic E-state index is 13.7. The van der Waals surface area contributed by atoms with Crippen molar-refractivity contribution in [2.45, 2.75) is 5.41 Å². The van der Waals surface area contributed by atoms with E-state index in [-0.39, 0.29) is 24.0 Å². The molecule has 0 saturated carbocycles. The van der Waals surface area contributed by atoms with Crippen molar-refractivity contribution < 1.29 is 9.18 Å². The van der Waals surface area contributed by atoms with Gasteiger partial charge in [0.2, 0.25) is 5.91 Å². The van der Waals surface area contributed by atoms with Crippen molar-refractivity contribution in [1.82, 2.24) is 5.32 Å². The lowest BCUT2D eigenvalue weighted by Crippen LogP contribution is -2.45. The third kappa shape index (κ3) is 1.72. The second kappa shape index (κ2) is 4.53. The van der Waals surface area contributed by atoms with Gasteiger partial charge >= 0.3 is 0 Å². The molecule has 1 amide bonds. The molecule has 2 aliphatic rings. The van der Waals surface area contributed by atoms with E-state index in [1.54, 1.807) is 6.07 Å². The maximum Gasteiger partial charge on any atom is 0.240 e. The van der Waals surface area contributed by atoms with E-state index in [0.29, 0.717) is 23.7 Å². The number of carbonyl (C=O) groups is 1. The Hall–Kier alpha value is -1.10. The first-order chi connectivity index (χ1) is 8.13. The molecule has 1 spiro atoms. The molecule has 2 aliphatic heterocycles. The smallest absolute Gasteiger partial charge is 0.240 e. The summed E-state index contributed by atoms with van der Waals surface area (Å²) in [6.45, 7) is 1.18.